The van der Waals surface area contributed by atoms with Crippen LogP contribution >= 0.6 is 0 Å². The minimum absolute atomic E-state index is 0.674. The molecular weight excluding hydrogens is 370 g/mol. The zero-order valence-electron chi connectivity index (χ0n) is 17.2. The van der Waals surface area contributed by atoms with Crippen molar-refractivity contribution in [2.24, 2.45) is 0 Å². The molecular formula is C27H27NO2. The van der Waals surface area contributed by atoms with Gasteiger partial charge in [-0.25, -0.2) is 0 Å². The highest BCUT2D eigenvalue weighted by Gasteiger charge is 2.00. The van der Waals surface area contributed by atoms with E-state index in [1.807, 2.05) is 66.7 Å². The number of hydrogen-bond donors (Lipinski definition) is 0. The quantitative estimate of drug-likeness (QED) is 0.331. The normalized spacial score (nSPS) is 10.2. The number of ether oxygens (including phenoxy) is 2. The van der Waals surface area contributed by atoms with Gasteiger partial charge in [0.05, 0.1) is 24.8 Å². The van der Waals surface area contributed by atoms with Gasteiger partial charge < -0.3 is 9.47 Å². The van der Waals surface area contributed by atoms with Gasteiger partial charge in [-0.1, -0.05) is 49.1 Å². The lowest BCUT2D eigenvalue weighted by Crippen LogP contribution is -2.00. The van der Waals surface area contributed by atoms with Crippen molar-refractivity contribution >= 4 is 6.08 Å². The predicted molar refractivity (Wildman–Crippen MR) is 123 cm³/mol. The molecule has 0 saturated heterocycles. The second-order valence-corrected chi connectivity index (χ2v) is 7.10. The molecule has 0 aliphatic rings. The largest absolute Gasteiger partial charge is 0.494 e. The Morgan fingerprint density at radius 3 is 1.60 bits per heavy atom. The van der Waals surface area contributed by atoms with Gasteiger partial charge in [0.1, 0.15) is 11.5 Å². The number of unbranched alkanes of at least 4 members (excludes halogenated alkanes) is 3. The van der Waals surface area contributed by atoms with E-state index in [0.717, 1.165) is 67.1 Å². The van der Waals surface area contributed by atoms with Crippen molar-refractivity contribution in [1.82, 2.24) is 0 Å². The minimum Gasteiger partial charge on any atom is -0.494 e. The van der Waals surface area contributed by atoms with Gasteiger partial charge in [0.25, 0.3) is 0 Å². The van der Waals surface area contributed by atoms with Crippen LogP contribution in [-0.2, 0) is 0 Å². The van der Waals surface area contributed by atoms with E-state index in [9.17, 15) is 0 Å². The van der Waals surface area contributed by atoms with Crippen molar-refractivity contribution in [3.05, 3.63) is 90.5 Å². The number of nitrogens with zero attached hydrogens (tertiary/aromatic N) is 1. The summed E-state index contributed by atoms with van der Waals surface area (Å²) in [6.07, 6.45) is 6.16. The highest BCUT2D eigenvalue weighted by atomic mass is 16.5. The third-order valence-electron chi connectivity index (χ3n) is 4.89. The first-order chi connectivity index (χ1) is 14.8. The topological polar surface area (TPSA) is 42.2 Å². The third-order valence-corrected chi connectivity index (χ3v) is 4.89. The van der Waals surface area contributed by atoms with E-state index in [1.165, 1.54) is 0 Å². The summed E-state index contributed by atoms with van der Waals surface area (Å²) in [5, 5.41) is 8.89. The molecule has 0 atom stereocenters. The average Bonchev–Trinajstić information content (AvgIpc) is 2.81. The van der Waals surface area contributed by atoms with Crippen LogP contribution in [0.4, 0.5) is 0 Å². The first-order valence-corrected chi connectivity index (χ1v) is 10.4. The van der Waals surface area contributed by atoms with Crippen LogP contribution in [0, 0.1) is 11.3 Å². The molecule has 3 heteroatoms. The number of nitriles is 1. The fraction of sp³-hybridized carbons (Fsp3) is 0.222. The Balaban J connectivity index is 1.29. The number of rotatable bonds is 11. The van der Waals surface area contributed by atoms with Crippen LogP contribution in [-0.4, -0.2) is 13.2 Å². The van der Waals surface area contributed by atoms with Gasteiger partial charge >= 0.3 is 0 Å². The van der Waals surface area contributed by atoms with Crippen molar-refractivity contribution in [3.8, 4) is 28.7 Å². The van der Waals surface area contributed by atoms with Crippen LogP contribution < -0.4 is 9.47 Å². The van der Waals surface area contributed by atoms with Crippen molar-refractivity contribution in [1.29, 1.82) is 5.26 Å². The van der Waals surface area contributed by atoms with Crippen molar-refractivity contribution < 1.29 is 9.47 Å². The van der Waals surface area contributed by atoms with Gasteiger partial charge in [0, 0.05) is 0 Å². The average molecular weight is 398 g/mol. The van der Waals surface area contributed by atoms with Crippen molar-refractivity contribution in [3.63, 3.8) is 0 Å². The van der Waals surface area contributed by atoms with E-state index < -0.39 is 0 Å². The zero-order valence-corrected chi connectivity index (χ0v) is 17.2. The molecule has 0 heterocycles. The van der Waals surface area contributed by atoms with E-state index in [4.69, 9.17) is 14.7 Å². The molecule has 0 aliphatic carbocycles. The van der Waals surface area contributed by atoms with Crippen LogP contribution in [0.3, 0.4) is 0 Å². The molecule has 0 fully saturated rings. The lowest BCUT2D eigenvalue weighted by Gasteiger charge is -2.08. The molecule has 3 aromatic rings. The fourth-order valence-corrected chi connectivity index (χ4v) is 3.12. The summed E-state index contributed by atoms with van der Waals surface area (Å²) in [6, 6.07) is 25.8. The molecule has 0 unspecified atom stereocenters. The summed E-state index contributed by atoms with van der Waals surface area (Å²) >= 11 is 0. The molecule has 0 aromatic heterocycles. The van der Waals surface area contributed by atoms with Crippen LogP contribution in [0.15, 0.2) is 79.4 Å². The highest BCUT2D eigenvalue weighted by molar-refractivity contribution is 5.64. The maximum absolute atomic E-state index is 8.89. The van der Waals surface area contributed by atoms with Gasteiger partial charge in [-0.05, 0) is 78.8 Å². The summed E-state index contributed by atoms with van der Waals surface area (Å²) in [5.74, 6) is 1.80. The second kappa shape index (κ2) is 11.5. The molecule has 0 spiro atoms. The van der Waals surface area contributed by atoms with Gasteiger partial charge in [-0.15, -0.1) is 0 Å². The molecule has 30 heavy (non-hydrogen) atoms. The Hall–Kier alpha value is -3.51. The highest BCUT2D eigenvalue weighted by Crippen LogP contribution is 2.23. The molecule has 0 N–H and O–H groups in total. The van der Waals surface area contributed by atoms with Crippen LogP contribution in [0.2, 0.25) is 0 Å². The Labute approximate surface area is 179 Å². The zero-order chi connectivity index (χ0) is 21.0. The number of benzene rings is 3. The van der Waals surface area contributed by atoms with Gasteiger partial charge in [-0.2, -0.15) is 5.26 Å². The third kappa shape index (κ3) is 6.53. The lowest BCUT2D eigenvalue weighted by atomic mass is 10.0. The lowest BCUT2D eigenvalue weighted by molar-refractivity contribution is 0.287. The molecule has 3 aromatic carbocycles. The Bertz CT molecular complexity index is 952. The molecule has 3 nitrogen and oxygen atoms in total. The maximum Gasteiger partial charge on any atom is 0.119 e. The maximum atomic E-state index is 8.89. The van der Waals surface area contributed by atoms with Crippen LogP contribution in [0.25, 0.3) is 17.2 Å². The van der Waals surface area contributed by atoms with E-state index >= 15 is 0 Å². The van der Waals surface area contributed by atoms with E-state index in [0.29, 0.717) is 5.56 Å². The first kappa shape index (κ1) is 21.2. The Morgan fingerprint density at radius 1 is 0.667 bits per heavy atom. The monoisotopic (exact) mass is 397 g/mol. The minimum atomic E-state index is 0.674. The van der Waals surface area contributed by atoms with Gasteiger partial charge in [-0.3, -0.25) is 0 Å². The van der Waals surface area contributed by atoms with Crippen molar-refractivity contribution in [2.45, 2.75) is 25.7 Å². The number of hydrogen-bond acceptors (Lipinski definition) is 3. The summed E-state index contributed by atoms with van der Waals surface area (Å²) < 4.78 is 11.6. The van der Waals surface area contributed by atoms with Crippen LogP contribution in [0.5, 0.6) is 11.5 Å². The molecule has 3 rings (SSSR count). The summed E-state index contributed by atoms with van der Waals surface area (Å²) in [7, 11) is 0. The standard InChI is InChI=1S/C27H27NO2/c1-2-22-9-15-26(16-10-22)29-19-5-3-4-6-20-30-27-17-13-25(14-18-27)24-11-7-23(21-28)8-12-24/h2,7-18H,1,3-6,19-20H2. The molecule has 0 radical (unpaired) electrons. The first-order valence-electron chi connectivity index (χ1n) is 10.4. The fourth-order valence-electron chi connectivity index (χ4n) is 3.12. The molecule has 152 valence electrons. The van der Waals surface area contributed by atoms with E-state index in [1.54, 1.807) is 0 Å². The Morgan fingerprint density at radius 2 is 1.13 bits per heavy atom. The Kier molecular flexibility index (Phi) is 8.12. The van der Waals surface area contributed by atoms with Crippen LogP contribution in [0.1, 0.15) is 36.8 Å². The summed E-state index contributed by atoms with van der Waals surface area (Å²) in [4.78, 5) is 0. The molecule has 0 aliphatic heterocycles. The smallest absolute Gasteiger partial charge is 0.119 e. The van der Waals surface area contributed by atoms with Gasteiger partial charge in [0.15, 0.2) is 0 Å². The van der Waals surface area contributed by atoms with E-state index in [-0.39, 0.29) is 0 Å². The SMILES string of the molecule is C=Cc1ccc(OCCCCCCOc2ccc(-c3ccc(C#N)cc3)cc2)cc1. The van der Waals surface area contributed by atoms with Gasteiger partial charge in [0.2, 0.25) is 0 Å². The summed E-state index contributed by atoms with van der Waals surface area (Å²) in [6.45, 7) is 5.22. The predicted octanol–water partition coefficient (Wildman–Crippen LogP) is 6.89. The molecule has 0 bridgehead atoms. The summed E-state index contributed by atoms with van der Waals surface area (Å²) in [5.41, 5.74) is 3.99. The molecule has 0 saturated carbocycles. The molecule has 0 amide bonds. The van der Waals surface area contributed by atoms with Crippen molar-refractivity contribution in [2.75, 3.05) is 13.2 Å². The second-order valence-electron chi connectivity index (χ2n) is 7.10. The van der Waals surface area contributed by atoms with E-state index in [2.05, 4.69) is 24.8 Å².